The number of hydrogen-bond acceptors (Lipinski definition) is 1. The highest BCUT2D eigenvalue weighted by Gasteiger charge is 1.96. The average Bonchev–Trinajstić information content (AvgIpc) is 2.07. The van der Waals surface area contributed by atoms with Crippen LogP contribution >= 0.6 is 11.6 Å². The smallest absolute Gasteiger partial charge is 0.0484 e. The fourth-order valence-electron chi connectivity index (χ4n) is 1.35. The zero-order valence-corrected chi connectivity index (χ0v) is 8.31. The number of hydrogen-bond donors (Lipinski definition) is 1. The Bertz CT molecular complexity index is 423. The fourth-order valence-corrected chi connectivity index (χ4v) is 1.58. The Morgan fingerprint density at radius 2 is 1.85 bits per heavy atom. The lowest BCUT2D eigenvalue weighted by molar-refractivity contribution is 1.51. The molecular weight excluding hydrogens is 182 g/mol. The van der Waals surface area contributed by atoms with Gasteiger partial charge in [0.15, 0.2) is 0 Å². The topological polar surface area (TPSA) is 35.0 Å². The summed E-state index contributed by atoms with van der Waals surface area (Å²) in [6.07, 6.45) is 0. The Morgan fingerprint density at radius 3 is 2.62 bits per heavy atom. The highest BCUT2D eigenvalue weighted by molar-refractivity contribution is 6.35. The van der Waals surface area contributed by atoms with Crippen LogP contribution in [0.4, 0.5) is 0 Å². The standard InChI is InChI=1S/C11H9Cl.H3N/c1-8-5-6-9-3-2-4-11(12)10(9)7-8;/h2-7H,1H3;1H3. The van der Waals surface area contributed by atoms with Gasteiger partial charge in [-0.05, 0) is 24.4 Å². The van der Waals surface area contributed by atoms with Crippen LogP contribution in [-0.4, -0.2) is 0 Å². The zero-order valence-electron chi connectivity index (χ0n) is 7.55. The highest BCUT2D eigenvalue weighted by Crippen LogP contribution is 2.23. The molecule has 2 heteroatoms. The van der Waals surface area contributed by atoms with Gasteiger partial charge in [-0.3, -0.25) is 0 Å². The Kier molecular flexibility index (Phi) is 2.91. The van der Waals surface area contributed by atoms with Crippen LogP contribution < -0.4 is 6.15 Å². The van der Waals surface area contributed by atoms with Crippen LogP contribution in [0.5, 0.6) is 0 Å². The van der Waals surface area contributed by atoms with E-state index >= 15 is 0 Å². The molecule has 68 valence electrons. The summed E-state index contributed by atoms with van der Waals surface area (Å²) >= 11 is 6.03. The Hall–Kier alpha value is -1.05. The van der Waals surface area contributed by atoms with E-state index in [4.69, 9.17) is 11.6 Å². The van der Waals surface area contributed by atoms with Gasteiger partial charge < -0.3 is 6.15 Å². The molecule has 2 aromatic carbocycles. The first kappa shape index (κ1) is 10.0. The molecular formula is C11H12ClN. The van der Waals surface area contributed by atoms with Crippen molar-refractivity contribution in [2.45, 2.75) is 6.92 Å². The van der Waals surface area contributed by atoms with Crippen molar-refractivity contribution in [2.24, 2.45) is 0 Å². The maximum Gasteiger partial charge on any atom is 0.0484 e. The number of aryl methyl sites for hydroxylation is 1. The number of halogens is 1. The van der Waals surface area contributed by atoms with E-state index in [9.17, 15) is 0 Å². The summed E-state index contributed by atoms with van der Waals surface area (Å²) in [5, 5.41) is 3.17. The average molecular weight is 194 g/mol. The molecule has 2 rings (SSSR count). The molecule has 0 fully saturated rings. The molecule has 2 aromatic rings. The van der Waals surface area contributed by atoms with Gasteiger partial charge in [0.25, 0.3) is 0 Å². The summed E-state index contributed by atoms with van der Waals surface area (Å²) in [5.74, 6) is 0. The van der Waals surface area contributed by atoms with Gasteiger partial charge >= 0.3 is 0 Å². The third kappa shape index (κ3) is 1.82. The molecule has 0 heterocycles. The summed E-state index contributed by atoms with van der Waals surface area (Å²) in [5.41, 5.74) is 1.25. The van der Waals surface area contributed by atoms with Gasteiger partial charge in [0.1, 0.15) is 0 Å². The van der Waals surface area contributed by atoms with Crippen molar-refractivity contribution in [3.63, 3.8) is 0 Å². The largest absolute Gasteiger partial charge is 0.344 e. The molecule has 13 heavy (non-hydrogen) atoms. The molecule has 0 bridgehead atoms. The molecule has 0 amide bonds. The summed E-state index contributed by atoms with van der Waals surface area (Å²) < 4.78 is 0. The first-order valence-electron chi connectivity index (χ1n) is 3.92. The summed E-state index contributed by atoms with van der Waals surface area (Å²) in [7, 11) is 0. The maximum atomic E-state index is 6.03. The molecule has 0 aromatic heterocycles. The van der Waals surface area contributed by atoms with Crippen molar-refractivity contribution < 1.29 is 0 Å². The molecule has 0 unspecified atom stereocenters. The number of fused-ring (bicyclic) bond motifs is 1. The van der Waals surface area contributed by atoms with E-state index < -0.39 is 0 Å². The Balaban J connectivity index is 0.000000845. The molecule has 0 saturated carbocycles. The molecule has 0 aliphatic heterocycles. The Labute approximate surface area is 82.9 Å². The van der Waals surface area contributed by atoms with Crippen molar-refractivity contribution in [3.8, 4) is 0 Å². The molecule has 3 N–H and O–H groups in total. The van der Waals surface area contributed by atoms with Crippen molar-refractivity contribution in [1.29, 1.82) is 0 Å². The van der Waals surface area contributed by atoms with Gasteiger partial charge in [0, 0.05) is 10.4 Å². The molecule has 0 aliphatic carbocycles. The van der Waals surface area contributed by atoms with Crippen LogP contribution in [0.2, 0.25) is 5.02 Å². The predicted molar refractivity (Wildman–Crippen MR) is 58.7 cm³/mol. The van der Waals surface area contributed by atoms with Crippen molar-refractivity contribution >= 4 is 22.4 Å². The lowest BCUT2D eigenvalue weighted by Crippen LogP contribution is -1.75. The second-order valence-electron chi connectivity index (χ2n) is 2.96. The summed E-state index contributed by atoms with van der Waals surface area (Å²) in [6.45, 7) is 2.07. The van der Waals surface area contributed by atoms with E-state index in [2.05, 4.69) is 31.2 Å². The molecule has 0 radical (unpaired) electrons. The van der Waals surface area contributed by atoms with E-state index in [1.807, 2.05) is 12.1 Å². The fraction of sp³-hybridized carbons (Fsp3) is 0.0909. The second-order valence-corrected chi connectivity index (χ2v) is 3.37. The minimum absolute atomic E-state index is 0. The normalized spacial score (nSPS) is 9.69. The monoisotopic (exact) mass is 193 g/mol. The molecule has 0 atom stereocenters. The van der Waals surface area contributed by atoms with Gasteiger partial charge in [0.05, 0.1) is 0 Å². The maximum absolute atomic E-state index is 6.03. The molecule has 0 spiro atoms. The summed E-state index contributed by atoms with van der Waals surface area (Å²) in [4.78, 5) is 0. The number of rotatable bonds is 0. The van der Waals surface area contributed by atoms with Crippen molar-refractivity contribution in [2.75, 3.05) is 0 Å². The van der Waals surface area contributed by atoms with Crippen LogP contribution in [-0.2, 0) is 0 Å². The van der Waals surface area contributed by atoms with Crippen molar-refractivity contribution in [1.82, 2.24) is 6.15 Å². The van der Waals surface area contributed by atoms with Crippen LogP contribution in [0.1, 0.15) is 5.56 Å². The highest BCUT2D eigenvalue weighted by atomic mass is 35.5. The lowest BCUT2D eigenvalue weighted by atomic mass is 10.1. The third-order valence-corrected chi connectivity index (χ3v) is 2.31. The first-order chi connectivity index (χ1) is 5.77. The van der Waals surface area contributed by atoms with E-state index in [1.165, 1.54) is 10.9 Å². The summed E-state index contributed by atoms with van der Waals surface area (Å²) in [6, 6.07) is 12.3. The van der Waals surface area contributed by atoms with Crippen molar-refractivity contribution in [3.05, 3.63) is 47.0 Å². The van der Waals surface area contributed by atoms with Gasteiger partial charge in [-0.1, -0.05) is 41.4 Å². The first-order valence-corrected chi connectivity index (χ1v) is 4.30. The number of benzene rings is 2. The minimum atomic E-state index is 0. The van der Waals surface area contributed by atoms with Crippen LogP contribution in [0, 0.1) is 6.92 Å². The SMILES string of the molecule is Cc1ccc2cccc(Cl)c2c1.N. The van der Waals surface area contributed by atoms with Gasteiger partial charge in [-0.15, -0.1) is 0 Å². The van der Waals surface area contributed by atoms with E-state index in [1.54, 1.807) is 0 Å². The van der Waals surface area contributed by atoms with Crippen LogP contribution in [0.25, 0.3) is 10.8 Å². The van der Waals surface area contributed by atoms with E-state index in [0.717, 1.165) is 10.4 Å². The van der Waals surface area contributed by atoms with E-state index in [0.29, 0.717) is 0 Å². The van der Waals surface area contributed by atoms with Gasteiger partial charge in [-0.25, -0.2) is 0 Å². The van der Waals surface area contributed by atoms with Crippen LogP contribution in [0.15, 0.2) is 36.4 Å². The van der Waals surface area contributed by atoms with Gasteiger partial charge in [0.2, 0.25) is 0 Å². The Morgan fingerprint density at radius 1 is 1.08 bits per heavy atom. The lowest BCUT2D eigenvalue weighted by Gasteiger charge is -2.00. The van der Waals surface area contributed by atoms with E-state index in [-0.39, 0.29) is 6.15 Å². The molecule has 0 saturated heterocycles. The predicted octanol–water partition coefficient (Wildman–Crippen LogP) is 3.96. The third-order valence-electron chi connectivity index (χ3n) is 1.98. The molecule has 1 nitrogen and oxygen atoms in total. The zero-order chi connectivity index (χ0) is 8.55. The van der Waals surface area contributed by atoms with Crippen LogP contribution in [0.3, 0.4) is 0 Å². The molecule has 0 aliphatic rings. The minimum Gasteiger partial charge on any atom is -0.344 e. The second kappa shape index (κ2) is 3.77. The van der Waals surface area contributed by atoms with Gasteiger partial charge in [-0.2, -0.15) is 0 Å². The quantitative estimate of drug-likeness (QED) is 0.675.